The van der Waals surface area contributed by atoms with E-state index in [1.54, 1.807) is 0 Å². The molecule has 2 heterocycles. The van der Waals surface area contributed by atoms with Crippen molar-refractivity contribution in [1.82, 2.24) is 4.90 Å². The maximum absolute atomic E-state index is 11.9. The van der Waals surface area contributed by atoms with Crippen LogP contribution in [0.25, 0.3) is 0 Å². The third-order valence-electron chi connectivity index (χ3n) is 6.62. The van der Waals surface area contributed by atoms with Gasteiger partial charge in [-0.1, -0.05) is 31.5 Å². The van der Waals surface area contributed by atoms with E-state index in [0.29, 0.717) is 23.7 Å². The maximum Gasteiger partial charge on any atom is 0.248 e. The Labute approximate surface area is 168 Å². The minimum absolute atomic E-state index is 0.335. The second-order valence-corrected chi connectivity index (χ2v) is 8.34. The standard InChI is InChI=1S/C24H31N3O/c1-3-7-17-14-21(12-13-23(17)24(25)28)27(18-8-5-4-6-9-18)22-15-19-10-11-20(16-22)26(19)2/h4-6,8-9,12-14,19-20,22H,3,7,10-11,15-16H2,1-2H3,(H2,25,28)/t19-,20+,22-. The van der Waals surface area contributed by atoms with Gasteiger partial charge < -0.3 is 15.5 Å². The summed E-state index contributed by atoms with van der Waals surface area (Å²) in [5, 5.41) is 0. The molecule has 0 aliphatic carbocycles. The highest BCUT2D eigenvalue weighted by Crippen LogP contribution is 2.41. The van der Waals surface area contributed by atoms with E-state index < -0.39 is 0 Å². The summed E-state index contributed by atoms with van der Waals surface area (Å²) in [6.07, 6.45) is 6.84. The molecule has 148 valence electrons. The number of primary amides is 1. The van der Waals surface area contributed by atoms with E-state index in [1.165, 1.54) is 37.1 Å². The monoisotopic (exact) mass is 377 g/mol. The number of para-hydroxylation sites is 1. The van der Waals surface area contributed by atoms with Crippen molar-refractivity contribution in [3.63, 3.8) is 0 Å². The predicted molar refractivity (Wildman–Crippen MR) is 115 cm³/mol. The van der Waals surface area contributed by atoms with E-state index in [9.17, 15) is 4.79 Å². The Morgan fingerprint density at radius 1 is 1.07 bits per heavy atom. The Bertz CT molecular complexity index is 821. The van der Waals surface area contributed by atoms with Crippen LogP contribution in [0.5, 0.6) is 0 Å². The molecule has 3 atom stereocenters. The van der Waals surface area contributed by atoms with Crippen LogP contribution in [0, 0.1) is 0 Å². The van der Waals surface area contributed by atoms with Crippen molar-refractivity contribution in [3.8, 4) is 0 Å². The molecule has 2 N–H and O–H groups in total. The minimum Gasteiger partial charge on any atom is -0.366 e. The van der Waals surface area contributed by atoms with Crippen molar-refractivity contribution in [2.75, 3.05) is 11.9 Å². The lowest BCUT2D eigenvalue weighted by Crippen LogP contribution is -2.47. The zero-order valence-corrected chi connectivity index (χ0v) is 17.0. The maximum atomic E-state index is 11.9. The molecule has 2 aromatic carbocycles. The number of aryl methyl sites for hydroxylation is 1. The molecule has 1 amide bonds. The van der Waals surface area contributed by atoms with Gasteiger partial charge in [-0.25, -0.2) is 0 Å². The Morgan fingerprint density at radius 3 is 2.36 bits per heavy atom. The Hall–Kier alpha value is -2.33. The number of rotatable bonds is 6. The number of piperidine rings is 1. The van der Waals surface area contributed by atoms with Gasteiger partial charge in [0.2, 0.25) is 5.91 Å². The molecular formula is C24H31N3O. The van der Waals surface area contributed by atoms with E-state index in [2.05, 4.69) is 66.2 Å². The third kappa shape index (κ3) is 3.53. The third-order valence-corrected chi connectivity index (χ3v) is 6.62. The largest absolute Gasteiger partial charge is 0.366 e. The topological polar surface area (TPSA) is 49.6 Å². The van der Waals surface area contributed by atoms with Crippen molar-refractivity contribution in [2.24, 2.45) is 5.73 Å². The van der Waals surface area contributed by atoms with Gasteiger partial charge in [0.15, 0.2) is 0 Å². The summed E-state index contributed by atoms with van der Waals surface area (Å²) < 4.78 is 0. The summed E-state index contributed by atoms with van der Waals surface area (Å²) in [6, 6.07) is 18.7. The Kier molecular flexibility index (Phi) is 5.40. The number of nitrogens with zero attached hydrogens (tertiary/aromatic N) is 2. The molecule has 2 fully saturated rings. The van der Waals surface area contributed by atoms with Gasteiger partial charge in [0, 0.05) is 35.1 Å². The summed E-state index contributed by atoms with van der Waals surface area (Å²) in [5.74, 6) is -0.335. The zero-order valence-electron chi connectivity index (χ0n) is 17.0. The van der Waals surface area contributed by atoms with Crippen LogP contribution in [-0.2, 0) is 6.42 Å². The minimum atomic E-state index is -0.335. The smallest absolute Gasteiger partial charge is 0.248 e. The van der Waals surface area contributed by atoms with Crippen molar-refractivity contribution in [2.45, 2.75) is 63.6 Å². The average Bonchev–Trinajstić information content (AvgIpc) is 2.90. The van der Waals surface area contributed by atoms with Gasteiger partial charge in [-0.2, -0.15) is 0 Å². The molecule has 2 aliphatic heterocycles. The molecule has 0 saturated carbocycles. The van der Waals surface area contributed by atoms with Crippen molar-refractivity contribution < 1.29 is 4.79 Å². The molecule has 28 heavy (non-hydrogen) atoms. The van der Waals surface area contributed by atoms with Crippen LogP contribution < -0.4 is 10.6 Å². The Morgan fingerprint density at radius 2 is 1.75 bits per heavy atom. The lowest BCUT2D eigenvalue weighted by Gasteiger charge is -2.43. The van der Waals surface area contributed by atoms with Crippen LogP contribution in [0.15, 0.2) is 48.5 Å². The summed E-state index contributed by atoms with van der Waals surface area (Å²) in [6.45, 7) is 2.14. The molecule has 2 bridgehead atoms. The number of carbonyl (C=O) groups excluding carboxylic acids is 1. The van der Waals surface area contributed by atoms with E-state index in [-0.39, 0.29) is 5.91 Å². The molecule has 2 aromatic rings. The number of benzene rings is 2. The lowest BCUT2D eigenvalue weighted by molar-refractivity contribution is 0.0999. The van der Waals surface area contributed by atoms with Gasteiger partial charge in [-0.15, -0.1) is 0 Å². The number of anilines is 2. The van der Waals surface area contributed by atoms with Gasteiger partial charge >= 0.3 is 0 Å². The lowest BCUT2D eigenvalue weighted by atomic mass is 9.94. The first-order valence-corrected chi connectivity index (χ1v) is 10.6. The fourth-order valence-electron chi connectivity index (χ4n) is 5.20. The quantitative estimate of drug-likeness (QED) is 0.806. The van der Waals surface area contributed by atoms with E-state index in [4.69, 9.17) is 5.73 Å². The highest BCUT2D eigenvalue weighted by atomic mass is 16.1. The molecule has 0 unspecified atom stereocenters. The highest BCUT2D eigenvalue weighted by Gasteiger charge is 2.40. The van der Waals surface area contributed by atoms with Gasteiger partial charge in [-0.05, 0) is 75.0 Å². The molecule has 4 nitrogen and oxygen atoms in total. The number of fused-ring (bicyclic) bond motifs is 2. The summed E-state index contributed by atoms with van der Waals surface area (Å²) in [4.78, 5) is 17.0. The summed E-state index contributed by atoms with van der Waals surface area (Å²) in [7, 11) is 2.28. The molecule has 0 aromatic heterocycles. The summed E-state index contributed by atoms with van der Waals surface area (Å²) >= 11 is 0. The second-order valence-electron chi connectivity index (χ2n) is 8.34. The van der Waals surface area contributed by atoms with Crippen LogP contribution in [0.4, 0.5) is 11.4 Å². The normalized spacial score (nSPS) is 24.3. The van der Waals surface area contributed by atoms with Gasteiger partial charge in [0.1, 0.15) is 0 Å². The Balaban J connectivity index is 1.74. The number of hydrogen-bond acceptors (Lipinski definition) is 3. The van der Waals surface area contributed by atoms with Crippen molar-refractivity contribution in [1.29, 1.82) is 0 Å². The average molecular weight is 378 g/mol. The zero-order chi connectivity index (χ0) is 19.7. The van der Waals surface area contributed by atoms with Crippen LogP contribution >= 0.6 is 0 Å². The van der Waals surface area contributed by atoms with Gasteiger partial charge in [-0.3, -0.25) is 4.79 Å². The molecule has 2 saturated heterocycles. The summed E-state index contributed by atoms with van der Waals surface area (Å²) in [5.41, 5.74) is 9.74. The van der Waals surface area contributed by atoms with E-state index in [1.807, 2.05) is 6.07 Å². The van der Waals surface area contributed by atoms with Crippen molar-refractivity contribution >= 4 is 17.3 Å². The number of nitrogens with two attached hydrogens (primary N) is 1. The molecule has 4 heteroatoms. The molecule has 4 rings (SSSR count). The molecule has 2 aliphatic rings. The van der Waals surface area contributed by atoms with Crippen LogP contribution in [0.1, 0.15) is 54.9 Å². The first-order chi connectivity index (χ1) is 13.6. The highest BCUT2D eigenvalue weighted by molar-refractivity contribution is 5.95. The van der Waals surface area contributed by atoms with Gasteiger partial charge in [0.25, 0.3) is 0 Å². The van der Waals surface area contributed by atoms with Crippen LogP contribution in [0.3, 0.4) is 0 Å². The number of hydrogen-bond donors (Lipinski definition) is 1. The fraction of sp³-hybridized carbons (Fsp3) is 0.458. The van der Waals surface area contributed by atoms with Crippen molar-refractivity contribution in [3.05, 3.63) is 59.7 Å². The predicted octanol–water partition coefficient (Wildman–Crippen LogP) is 4.50. The number of carbonyl (C=O) groups is 1. The first kappa shape index (κ1) is 19.0. The fourth-order valence-corrected chi connectivity index (χ4v) is 5.20. The first-order valence-electron chi connectivity index (χ1n) is 10.6. The van der Waals surface area contributed by atoms with E-state index in [0.717, 1.165) is 18.4 Å². The van der Waals surface area contributed by atoms with Gasteiger partial charge in [0.05, 0.1) is 0 Å². The van der Waals surface area contributed by atoms with Crippen LogP contribution in [-0.4, -0.2) is 36.0 Å². The molecule has 0 radical (unpaired) electrons. The van der Waals surface area contributed by atoms with E-state index >= 15 is 0 Å². The molecule has 0 spiro atoms. The molecular weight excluding hydrogens is 346 g/mol. The SMILES string of the molecule is CCCc1cc(N(c2ccccc2)[C@@H]2C[C@H]3CC[C@@H](C2)N3C)ccc1C(N)=O. The number of amides is 1. The van der Waals surface area contributed by atoms with Crippen LogP contribution in [0.2, 0.25) is 0 Å². The second kappa shape index (κ2) is 7.96.